The molecule has 4 rings (SSSR count). The zero-order valence-corrected chi connectivity index (χ0v) is 20.1. The van der Waals surface area contributed by atoms with Gasteiger partial charge in [-0.2, -0.15) is 0 Å². The molecule has 170 valence electrons. The summed E-state index contributed by atoms with van der Waals surface area (Å²) < 4.78 is 19.7. The van der Waals surface area contributed by atoms with Crippen molar-refractivity contribution in [3.63, 3.8) is 0 Å². The highest BCUT2D eigenvalue weighted by molar-refractivity contribution is 8.00. The number of hydrogen-bond donors (Lipinski definition) is 0. The van der Waals surface area contributed by atoms with Crippen molar-refractivity contribution in [3.05, 3.63) is 53.3 Å². The van der Waals surface area contributed by atoms with Gasteiger partial charge in [-0.05, 0) is 61.7 Å². The Balaban J connectivity index is 1.49. The van der Waals surface area contributed by atoms with Crippen LogP contribution < -0.4 is 4.90 Å². The number of benzene rings is 2. The average molecular weight is 474 g/mol. The minimum atomic E-state index is -0.273. The maximum atomic E-state index is 13.3. The van der Waals surface area contributed by atoms with Crippen molar-refractivity contribution in [1.82, 2.24) is 9.88 Å². The highest BCUT2D eigenvalue weighted by Gasteiger charge is 2.21. The number of thiazole rings is 1. The first-order chi connectivity index (χ1) is 15.5. The second-order valence-electron chi connectivity index (χ2n) is 8.02. The predicted octanol–water partition coefficient (Wildman–Crippen LogP) is 4.90. The number of aromatic nitrogens is 1. The van der Waals surface area contributed by atoms with E-state index in [9.17, 15) is 9.18 Å². The maximum Gasteiger partial charge on any atom is 0.239 e. The number of morpholine rings is 1. The minimum absolute atomic E-state index is 0.0229. The zero-order valence-electron chi connectivity index (χ0n) is 18.5. The number of amides is 1. The Hall–Kier alpha value is -2.00. The molecular formula is C24H28FN3O2S2. The Kier molecular flexibility index (Phi) is 7.78. The summed E-state index contributed by atoms with van der Waals surface area (Å²) in [4.78, 5) is 23.2. The molecule has 3 aromatic rings. The van der Waals surface area contributed by atoms with Crippen molar-refractivity contribution in [1.29, 1.82) is 0 Å². The fourth-order valence-electron chi connectivity index (χ4n) is 3.84. The summed E-state index contributed by atoms with van der Waals surface area (Å²) >= 11 is 3.01. The molecule has 1 saturated heterocycles. The number of fused-ring (bicyclic) bond motifs is 1. The van der Waals surface area contributed by atoms with Gasteiger partial charge in [0.25, 0.3) is 0 Å². The van der Waals surface area contributed by atoms with Gasteiger partial charge in [0.1, 0.15) is 5.82 Å². The van der Waals surface area contributed by atoms with Gasteiger partial charge in [0, 0.05) is 31.1 Å². The molecule has 8 heteroatoms. The van der Waals surface area contributed by atoms with E-state index >= 15 is 0 Å². The Labute approximate surface area is 196 Å². The van der Waals surface area contributed by atoms with E-state index < -0.39 is 0 Å². The molecule has 0 radical (unpaired) electrons. The second-order valence-corrected chi connectivity index (χ2v) is 10.0. The lowest BCUT2D eigenvalue weighted by Gasteiger charge is -2.27. The largest absolute Gasteiger partial charge is 0.379 e. The number of carbonyl (C=O) groups excluding carboxylic acids is 1. The molecule has 1 aliphatic heterocycles. The standard InChI is InChI=1S/C24H28FN3O2S2/c1-17-14-18(2)23-21(15-17)26-24(32-23)28(9-3-8-27-10-12-30-13-11-27)22(29)16-31-20-6-4-19(25)5-7-20/h4-7,14-15H,3,8-13,16H2,1-2H3. The minimum Gasteiger partial charge on any atom is -0.379 e. The summed E-state index contributed by atoms with van der Waals surface area (Å²) in [7, 11) is 0. The van der Waals surface area contributed by atoms with Crippen LogP contribution in [0.5, 0.6) is 0 Å². The highest BCUT2D eigenvalue weighted by atomic mass is 32.2. The summed E-state index contributed by atoms with van der Waals surface area (Å²) in [5.74, 6) is 0.0391. The molecule has 0 N–H and O–H groups in total. The quantitative estimate of drug-likeness (QED) is 0.436. The molecule has 32 heavy (non-hydrogen) atoms. The van der Waals surface area contributed by atoms with E-state index in [0.29, 0.717) is 6.54 Å². The van der Waals surface area contributed by atoms with E-state index in [1.54, 1.807) is 23.5 Å². The zero-order chi connectivity index (χ0) is 22.5. The van der Waals surface area contributed by atoms with Gasteiger partial charge in [-0.3, -0.25) is 14.6 Å². The topological polar surface area (TPSA) is 45.7 Å². The summed E-state index contributed by atoms with van der Waals surface area (Å²) in [6, 6.07) is 10.5. The number of carbonyl (C=O) groups is 1. The third kappa shape index (κ3) is 5.86. The third-order valence-corrected chi connectivity index (χ3v) is 7.70. The molecular weight excluding hydrogens is 445 g/mol. The summed E-state index contributed by atoms with van der Waals surface area (Å²) in [6.07, 6.45) is 0.876. The van der Waals surface area contributed by atoms with Gasteiger partial charge in [-0.15, -0.1) is 11.8 Å². The van der Waals surface area contributed by atoms with Crippen molar-refractivity contribution in [2.24, 2.45) is 0 Å². The summed E-state index contributed by atoms with van der Waals surface area (Å²) in [5.41, 5.74) is 3.30. The molecule has 1 amide bonds. The van der Waals surface area contributed by atoms with Gasteiger partial charge >= 0.3 is 0 Å². The van der Waals surface area contributed by atoms with Crippen LogP contribution in [0.3, 0.4) is 0 Å². The number of aryl methyl sites for hydroxylation is 2. The van der Waals surface area contributed by atoms with Crippen LogP contribution in [0.25, 0.3) is 10.2 Å². The summed E-state index contributed by atoms with van der Waals surface area (Å²) in [6.45, 7) is 9.13. The second kappa shape index (κ2) is 10.7. The Bertz CT molecular complexity index is 1070. The number of nitrogens with zero attached hydrogens (tertiary/aromatic N) is 3. The first kappa shape index (κ1) is 23.2. The van der Waals surface area contributed by atoms with Gasteiger partial charge < -0.3 is 4.74 Å². The molecule has 1 aromatic heterocycles. The van der Waals surface area contributed by atoms with Crippen LogP contribution in [-0.4, -0.2) is 60.9 Å². The van der Waals surface area contributed by atoms with Crippen molar-refractivity contribution in [3.8, 4) is 0 Å². The lowest BCUT2D eigenvalue weighted by Crippen LogP contribution is -2.39. The van der Waals surface area contributed by atoms with Gasteiger partial charge in [-0.25, -0.2) is 9.37 Å². The molecule has 5 nitrogen and oxygen atoms in total. The lowest BCUT2D eigenvalue weighted by atomic mass is 10.1. The van der Waals surface area contributed by atoms with E-state index in [1.165, 1.54) is 35.0 Å². The number of rotatable bonds is 8. The monoisotopic (exact) mass is 473 g/mol. The highest BCUT2D eigenvalue weighted by Crippen LogP contribution is 2.33. The predicted molar refractivity (Wildman–Crippen MR) is 130 cm³/mol. The average Bonchev–Trinajstić information content (AvgIpc) is 3.21. The van der Waals surface area contributed by atoms with Crippen LogP contribution in [0.1, 0.15) is 17.5 Å². The van der Waals surface area contributed by atoms with E-state index in [4.69, 9.17) is 9.72 Å². The van der Waals surface area contributed by atoms with Crippen molar-refractivity contribution in [2.45, 2.75) is 25.2 Å². The van der Waals surface area contributed by atoms with Crippen LogP contribution in [-0.2, 0) is 9.53 Å². The number of halogens is 1. The van der Waals surface area contributed by atoms with E-state index in [2.05, 4.69) is 30.9 Å². The Morgan fingerprint density at radius 2 is 1.97 bits per heavy atom. The molecule has 2 aromatic carbocycles. The number of anilines is 1. The number of hydrogen-bond acceptors (Lipinski definition) is 6. The van der Waals surface area contributed by atoms with Gasteiger partial charge in [-0.1, -0.05) is 17.4 Å². The van der Waals surface area contributed by atoms with Crippen LogP contribution in [0.4, 0.5) is 9.52 Å². The first-order valence-corrected chi connectivity index (χ1v) is 12.7. The normalized spacial score (nSPS) is 14.7. The van der Waals surface area contributed by atoms with Gasteiger partial charge in [0.15, 0.2) is 5.13 Å². The fraction of sp³-hybridized carbons (Fsp3) is 0.417. The Morgan fingerprint density at radius 3 is 2.72 bits per heavy atom. The van der Waals surface area contributed by atoms with Crippen LogP contribution >= 0.6 is 23.1 Å². The lowest BCUT2D eigenvalue weighted by molar-refractivity contribution is -0.116. The molecule has 0 aliphatic carbocycles. The molecule has 0 unspecified atom stereocenters. The molecule has 1 aliphatic rings. The molecule has 0 bridgehead atoms. The molecule has 0 saturated carbocycles. The summed E-state index contributed by atoms with van der Waals surface area (Å²) in [5, 5.41) is 0.750. The van der Waals surface area contributed by atoms with Crippen molar-refractivity contribution in [2.75, 3.05) is 50.0 Å². The fourth-order valence-corrected chi connectivity index (χ4v) is 5.67. The molecule has 2 heterocycles. The van der Waals surface area contributed by atoms with Crippen LogP contribution in [0, 0.1) is 19.7 Å². The number of ether oxygens (including phenoxy) is 1. The van der Waals surface area contributed by atoms with Crippen LogP contribution in [0.2, 0.25) is 0 Å². The van der Waals surface area contributed by atoms with E-state index in [0.717, 1.165) is 59.5 Å². The first-order valence-electron chi connectivity index (χ1n) is 10.9. The SMILES string of the molecule is Cc1cc(C)c2sc(N(CCCN3CCOCC3)C(=O)CSc3ccc(F)cc3)nc2c1. The van der Waals surface area contributed by atoms with E-state index in [1.807, 2.05) is 4.90 Å². The van der Waals surface area contributed by atoms with Crippen LogP contribution in [0.15, 0.2) is 41.3 Å². The number of thioether (sulfide) groups is 1. The van der Waals surface area contributed by atoms with Crippen molar-refractivity contribution < 1.29 is 13.9 Å². The van der Waals surface area contributed by atoms with Crippen molar-refractivity contribution >= 4 is 44.4 Å². The van der Waals surface area contributed by atoms with Gasteiger partial charge in [0.05, 0.1) is 29.2 Å². The Morgan fingerprint density at radius 1 is 1.22 bits per heavy atom. The molecule has 1 fully saturated rings. The third-order valence-electron chi connectivity index (χ3n) is 5.48. The maximum absolute atomic E-state index is 13.3. The molecule has 0 spiro atoms. The smallest absolute Gasteiger partial charge is 0.239 e. The molecule has 0 atom stereocenters. The van der Waals surface area contributed by atoms with E-state index in [-0.39, 0.29) is 17.5 Å². The van der Waals surface area contributed by atoms with Gasteiger partial charge in [0.2, 0.25) is 5.91 Å².